The molecule has 0 aromatic rings. The van der Waals surface area contributed by atoms with Crippen LogP contribution in [0.4, 0.5) is 0 Å². The second kappa shape index (κ2) is 12.7. The minimum Gasteiger partial charge on any atom is -0.459 e. The molecule has 32 heavy (non-hydrogen) atoms. The third-order valence-corrected chi connectivity index (χ3v) is 5.48. The summed E-state index contributed by atoms with van der Waals surface area (Å²) in [5.41, 5.74) is -0.651. The lowest BCUT2D eigenvalue weighted by Gasteiger charge is -2.36. The Kier molecular flexibility index (Phi) is 11.1. The Morgan fingerprint density at radius 1 is 1.00 bits per heavy atom. The highest BCUT2D eigenvalue weighted by atomic mass is 16.6. The van der Waals surface area contributed by atoms with Crippen LogP contribution in [0.3, 0.4) is 0 Å². The van der Waals surface area contributed by atoms with Crippen LogP contribution in [0.25, 0.3) is 0 Å². The van der Waals surface area contributed by atoms with Crippen LogP contribution >= 0.6 is 0 Å². The molecule has 1 fully saturated rings. The number of piperidine rings is 1. The third-order valence-electron chi connectivity index (χ3n) is 5.48. The van der Waals surface area contributed by atoms with Gasteiger partial charge in [-0.2, -0.15) is 0 Å². The van der Waals surface area contributed by atoms with Crippen LogP contribution in [0.15, 0.2) is 0 Å². The minimum atomic E-state index is -0.793. The van der Waals surface area contributed by atoms with E-state index in [-0.39, 0.29) is 24.9 Å². The molecule has 1 saturated heterocycles. The van der Waals surface area contributed by atoms with Gasteiger partial charge in [-0.3, -0.25) is 19.2 Å². The van der Waals surface area contributed by atoms with Gasteiger partial charge in [0, 0.05) is 20.6 Å². The number of amides is 3. The van der Waals surface area contributed by atoms with Gasteiger partial charge in [-0.05, 0) is 60.7 Å². The third kappa shape index (κ3) is 9.12. The van der Waals surface area contributed by atoms with Crippen molar-refractivity contribution in [3.05, 3.63) is 0 Å². The largest absolute Gasteiger partial charge is 0.459 e. The predicted molar refractivity (Wildman–Crippen MR) is 122 cm³/mol. The average Bonchev–Trinajstić information content (AvgIpc) is 2.73. The van der Waals surface area contributed by atoms with E-state index in [4.69, 9.17) is 4.74 Å². The van der Waals surface area contributed by atoms with Crippen molar-refractivity contribution in [2.45, 2.75) is 64.6 Å². The number of carbonyl (C=O) groups excluding carboxylic acids is 4. The van der Waals surface area contributed by atoms with Crippen molar-refractivity contribution in [3.8, 4) is 0 Å². The molecule has 0 aliphatic carbocycles. The SMILES string of the molecule is CNCC(=O)N(C)C(C)C(=O)N(C)[C@@H](CN1CCCCC1)C(=O)NCC(=O)OC(C)(C)C. The molecule has 0 aromatic heterocycles. The van der Waals surface area contributed by atoms with Crippen molar-refractivity contribution >= 4 is 23.7 Å². The standard InChI is InChI=1S/C22H41N5O5/c1-16(25(6)18(28)13-23-5)21(31)26(7)17(15-27-11-9-8-10-12-27)20(30)24-14-19(29)32-22(2,3)4/h16-17,23H,8-15H2,1-7H3,(H,24,30)/t16?,17-/m0/s1. The summed E-state index contributed by atoms with van der Waals surface area (Å²) in [4.78, 5) is 55.3. The number of likely N-dealkylation sites (N-methyl/N-ethyl adjacent to an activating group) is 3. The maximum atomic E-state index is 13.1. The van der Waals surface area contributed by atoms with Gasteiger partial charge in [-0.15, -0.1) is 0 Å². The molecule has 1 aliphatic rings. The first-order chi connectivity index (χ1) is 14.9. The first-order valence-electron chi connectivity index (χ1n) is 11.3. The van der Waals surface area contributed by atoms with Gasteiger partial charge < -0.3 is 30.1 Å². The fourth-order valence-electron chi connectivity index (χ4n) is 3.53. The number of likely N-dealkylation sites (tertiary alicyclic amines) is 1. The molecule has 0 radical (unpaired) electrons. The highest BCUT2D eigenvalue weighted by molar-refractivity contribution is 5.93. The molecule has 0 bridgehead atoms. The van der Waals surface area contributed by atoms with Crippen molar-refractivity contribution in [1.29, 1.82) is 0 Å². The summed E-state index contributed by atoms with van der Waals surface area (Å²) < 4.78 is 5.25. The Bertz CT molecular complexity index is 658. The fourth-order valence-corrected chi connectivity index (χ4v) is 3.53. The lowest BCUT2D eigenvalue weighted by molar-refractivity contribution is -0.155. The molecule has 3 amide bonds. The van der Waals surface area contributed by atoms with Crippen molar-refractivity contribution in [1.82, 2.24) is 25.3 Å². The number of ether oxygens (including phenoxy) is 1. The molecule has 0 aromatic carbocycles. The molecular weight excluding hydrogens is 414 g/mol. The van der Waals surface area contributed by atoms with Crippen molar-refractivity contribution in [2.75, 3.05) is 53.9 Å². The Hall–Kier alpha value is -2.20. The predicted octanol–water partition coefficient (Wildman–Crippen LogP) is -0.176. The van der Waals surface area contributed by atoms with Gasteiger partial charge in [0.05, 0.1) is 6.54 Å². The van der Waals surface area contributed by atoms with E-state index in [1.54, 1.807) is 48.8 Å². The second-order valence-corrected chi connectivity index (χ2v) is 9.34. The molecule has 1 heterocycles. The second-order valence-electron chi connectivity index (χ2n) is 9.34. The molecule has 10 nitrogen and oxygen atoms in total. The molecule has 2 atom stereocenters. The van der Waals surface area contributed by atoms with Crippen LogP contribution in [-0.2, 0) is 23.9 Å². The van der Waals surface area contributed by atoms with Crippen LogP contribution in [0, 0.1) is 0 Å². The molecule has 1 rings (SSSR count). The van der Waals surface area contributed by atoms with E-state index >= 15 is 0 Å². The zero-order valence-electron chi connectivity index (χ0n) is 20.7. The quantitative estimate of drug-likeness (QED) is 0.440. The number of rotatable bonds is 10. The van der Waals surface area contributed by atoms with E-state index < -0.39 is 29.6 Å². The molecule has 10 heteroatoms. The molecule has 1 aliphatic heterocycles. The summed E-state index contributed by atoms with van der Waals surface area (Å²) in [6.07, 6.45) is 3.24. The van der Waals surface area contributed by atoms with Crippen LogP contribution in [0.1, 0.15) is 47.0 Å². The van der Waals surface area contributed by atoms with Gasteiger partial charge in [-0.25, -0.2) is 0 Å². The van der Waals surface area contributed by atoms with E-state index in [1.807, 2.05) is 0 Å². The Balaban J connectivity index is 2.91. The van der Waals surface area contributed by atoms with Gasteiger partial charge in [0.15, 0.2) is 0 Å². The fraction of sp³-hybridized carbons (Fsp3) is 0.818. The minimum absolute atomic E-state index is 0.116. The summed E-state index contributed by atoms with van der Waals surface area (Å²) in [6, 6.07) is -1.53. The lowest BCUT2D eigenvalue weighted by atomic mass is 10.1. The molecular formula is C22H41N5O5. The van der Waals surface area contributed by atoms with Crippen molar-refractivity contribution < 1.29 is 23.9 Å². The van der Waals surface area contributed by atoms with Gasteiger partial charge in [-0.1, -0.05) is 6.42 Å². The smallest absolute Gasteiger partial charge is 0.325 e. The van der Waals surface area contributed by atoms with Crippen LogP contribution in [-0.4, -0.2) is 110 Å². The number of carbonyl (C=O) groups is 4. The summed E-state index contributed by atoms with van der Waals surface area (Å²) in [6.45, 7) is 8.83. The monoisotopic (exact) mass is 455 g/mol. The molecule has 2 N–H and O–H groups in total. The van der Waals surface area contributed by atoms with Crippen molar-refractivity contribution in [3.63, 3.8) is 0 Å². The van der Waals surface area contributed by atoms with Gasteiger partial charge in [0.25, 0.3) is 0 Å². The summed E-state index contributed by atoms with van der Waals surface area (Å²) in [5.74, 6) is -1.52. The van der Waals surface area contributed by atoms with E-state index in [0.29, 0.717) is 6.54 Å². The zero-order valence-corrected chi connectivity index (χ0v) is 20.7. The zero-order chi connectivity index (χ0) is 24.5. The van der Waals surface area contributed by atoms with E-state index in [0.717, 1.165) is 32.4 Å². The van der Waals surface area contributed by atoms with Crippen LogP contribution in [0.2, 0.25) is 0 Å². The van der Waals surface area contributed by atoms with Gasteiger partial charge >= 0.3 is 5.97 Å². The highest BCUT2D eigenvalue weighted by Crippen LogP contribution is 2.13. The molecule has 0 saturated carbocycles. The first kappa shape index (κ1) is 27.8. The average molecular weight is 456 g/mol. The molecule has 1 unspecified atom stereocenters. The van der Waals surface area contributed by atoms with Crippen LogP contribution in [0.5, 0.6) is 0 Å². The maximum Gasteiger partial charge on any atom is 0.325 e. The number of nitrogens with zero attached hydrogens (tertiary/aromatic N) is 3. The first-order valence-corrected chi connectivity index (χ1v) is 11.3. The Labute approximate surface area is 192 Å². The van der Waals surface area contributed by atoms with Crippen molar-refractivity contribution in [2.24, 2.45) is 0 Å². The van der Waals surface area contributed by atoms with E-state index in [2.05, 4.69) is 15.5 Å². The highest BCUT2D eigenvalue weighted by Gasteiger charge is 2.34. The van der Waals surface area contributed by atoms with Gasteiger partial charge in [0.1, 0.15) is 24.2 Å². The van der Waals surface area contributed by atoms with Gasteiger partial charge in [0.2, 0.25) is 17.7 Å². The van der Waals surface area contributed by atoms with E-state index in [9.17, 15) is 19.2 Å². The lowest BCUT2D eigenvalue weighted by Crippen LogP contribution is -2.58. The molecule has 0 spiro atoms. The number of esters is 1. The topological polar surface area (TPSA) is 111 Å². The number of nitrogens with one attached hydrogen (secondary N) is 2. The maximum absolute atomic E-state index is 13.1. The Morgan fingerprint density at radius 2 is 1.59 bits per heavy atom. The Morgan fingerprint density at radius 3 is 2.12 bits per heavy atom. The summed E-state index contributed by atoms with van der Waals surface area (Å²) in [5, 5.41) is 5.40. The van der Waals surface area contributed by atoms with E-state index in [1.165, 1.54) is 9.80 Å². The molecule has 184 valence electrons. The van der Waals surface area contributed by atoms with Crippen LogP contribution < -0.4 is 10.6 Å². The summed E-state index contributed by atoms with van der Waals surface area (Å²) in [7, 11) is 4.79. The summed E-state index contributed by atoms with van der Waals surface area (Å²) >= 11 is 0. The number of hydrogen-bond acceptors (Lipinski definition) is 7. The normalized spacial score (nSPS) is 16.6. The number of hydrogen-bond donors (Lipinski definition) is 2.